The number of nitrogens with one attached hydrogen (secondary N) is 1. The van der Waals surface area contributed by atoms with Crippen LogP contribution in [0.15, 0.2) is 47.2 Å². The predicted molar refractivity (Wildman–Crippen MR) is 151 cm³/mol. The molecule has 1 amide bonds. The van der Waals surface area contributed by atoms with Crippen molar-refractivity contribution in [2.24, 2.45) is 16.6 Å². The number of aliphatic hydroxyl groups excluding tert-OH is 1. The zero-order chi connectivity index (χ0) is 27.8. The van der Waals surface area contributed by atoms with Crippen LogP contribution in [0.4, 0.5) is 22.0 Å². The molecule has 206 valence electrons. The first kappa shape index (κ1) is 25.9. The molecule has 6 rings (SSSR count). The van der Waals surface area contributed by atoms with E-state index in [1.54, 1.807) is 24.4 Å². The molecule has 10 nitrogen and oxygen atoms in total. The molecule has 2 saturated carbocycles. The number of nitrogens with two attached hydrogens (primary N) is 2. The highest BCUT2D eigenvalue weighted by Gasteiger charge is 2.33. The van der Waals surface area contributed by atoms with Gasteiger partial charge in [-0.3, -0.25) is 9.79 Å². The maximum absolute atomic E-state index is 15.2. The van der Waals surface area contributed by atoms with E-state index in [0.717, 1.165) is 30.5 Å². The van der Waals surface area contributed by atoms with Crippen molar-refractivity contribution in [1.29, 1.82) is 0 Å². The number of aliphatic hydroxyl groups is 1. The second-order valence-electron chi connectivity index (χ2n) is 10.5. The Morgan fingerprint density at radius 2 is 2.02 bits per heavy atom. The lowest BCUT2D eigenvalue weighted by Gasteiger charge is -2.31. The SMILES string of the molecule is NC=C(C=NCC1CC1)Nc1nc(N)nc(-c2cccc(N3CCc4cc(C5CC5)cc(F)c4C3=O)c2CO)n1. The Hall–Kier alpha value is -4.38. The lowest BCUT2D eigenvalue weighted by molar-refractivity contribution is 0.0976. The van der Waals surface area contributed by atoms with E-state index >= 15 is 4.39 Å². The smallest absolute Gasteiger partial charge is 0.261 e. The van der Waals surface area contributed by atoms with Gasteiger partial charge in [0.1, 0.15) is 5.82 Å². The van der Waals surface area contributed by atoms with E-state index in [0.29, 0.717) is 47.3 Å². The number of allylic oxidation sites excluding steroid dienone is 1. The summed E-state index contributed by atoms with van der Waals surface area (Å²) < 4.78 is 15.2. The summed E-state index contributed by atoms with van der Waals surface area (Å²) in [6.07, 6.45) is 8.00. The van der Waals surface area contributed by atoms with E-state index in [2.05, 4.69) is 25.3 Å². The number of amides is 1. The number of carbonyl (C=O) groups is 1. The number of rotatable bonds is 9. The molecular weight excluding hydrogens is 511 g/mol. The van der Waals surface area contributed by atoms with Crippen LogP contribution < -0.4 is 21.7 Å². The van der Waals surface area contributed by atoms with Gasteiger partial charge in [-0.05, 0) is 67.2 Å². The number of halogens is 1. The van der Waals surface area contributed by atoms with Crippen molar-refractivity contribution in [3.63, 3.8) is 0 Å². The molecule has 0 saturated heterocycles. The van der Waals surface area contributed by atoms with Gasteiger partial charge < -0.3 is 26.8 Å². The number of aliphatic imine (C=N–C) groups is 1. The number of nitrogens with zero attached hydrogens (tertiary/aromatic N) is 5. The minimum Gasteiger partial charge on any atom is -0.403 e. The summed E-state index contributed by atoms with van der Waals surface area (Å²) in [6.45, 7) is 0.690. The molecule has 2 aromatic carbocycles. The molecule has 11 heteroatoms. The van der Waals surface area contributed by atoms with Crippen LogP contribution in [-0.4, -0.2) is 45.3 Å². The molecule has 40 heavy (non-hydrogen) atoms. The van der Waals surface area contributed by atoms with Gasteiger partial charge in [0.15, 0.2) is 5.82 Å². The molecule has 6 N–H and O–H groups in total. The zero-order valence-electron chi connectivity index (χ0n) is 22.0. The third-order valence-corrected chi connectivity index (χ3v) is 7.53. The molecule has 0 unspecified atom stereocenters. The fraction of sp³-hybridized carbons (Fsp3) is 0.345. The Labute approximate surface area is 231 Å². The quantitative estimate of drug-likeness (QED) is 0.299. The molecule has 0 bridgehead atoms. The van der Waals surface area contributed by atoms with E-state index in [4.69, 9.17) is 11.5 Å². The van der Waals surface area contributed by atoms with E-state index in [1.165, 1.54) is 30.0 Å². The molecule has 1 aliphatic heterocycles. The second kappa shape index (κ2) is 10.6. The van der Waals surface area contributed by atoms with Gasteiger partial charge in [-0.2, -0.15) is 15.0 Å². The summed E-state index contributed by atoms with van der Waals surface area (Å²) in [5.74, 6) is 0.416. The normalized spacial score (nSPS) is 17.4. The van der Waals surface area contributed by atoms with Gasteiger partial charge in [-0.25, -0.2) is 4.39 Å². The van der Waals surface area contributed by atoms with Crippen molar-refractivity contribution in [3.8, 4) is 11.4 Å². The molecule has 2 heterocycles. The number of fused-ring (bicyclic) bond motifs is 1. The van der Waals surface area contributed by atoms with Gasteiger partial charge in [0, 0.05) is 36.6 Å². The highest BCUT2D eigenvalue weighted by molar-refractivity contribution is 6.09. The molecule has 0 radical (unpaired) electrons. The predicted octanol–water partition coefficient (Wildman–Crippen LogP) is 3.53. The highest BCUT2D eigenvalue weighted by atomic mass is 19.1. The summed E-state index contributed by atoms with van der Waals surface area (Å²) in [4.78, 5) is 32.4. The standard InChI is InChI=1S/C29H31FN8O2/c30-23-11-19(17-6-7-17)10-18-8-9-38(27(40)25(18)23)24-3-1-2-21(22(24)15-39)26-35-28(32)37-29(36-26)34-20(12-31)14-33-13-16-4-5-16/h1-3,10-12,14,16-17,39H,4-9,13,15,31H2,(H3,32,34,35,36,37). The van der Waals surface area contributed by atoms with Crippen LogP contribution >= 0.6 is 0 Å². The Morgan fingerprint density at radius 1 is 1.20 bits per heavy atom. The maximum atomic E-state index is 15.2. The molecule has 2 aliphatic carbocycles. The van der Waals surface area contributed by atoms with Gasteiger partial charge in [-0.1, -0.05) is 18.2 Å². The maximum Gasteiger partial charge on any atom is 0.261 e. The second-order valence-corrected chi connectivity index (χ2v) is 10.5. The van der Waals surface area contributed by atoms with E-state index in [1.807, 2.05) is 6.07 Å². The van der Waals surface area contributed by atoms with Crippen LogP contribution in [0.1, 0.15) is 58.6 Å². The van der Waals surface area contributed by atoms with Crippen LogP contribution in [0.5, 0.6) is 0 Å². The fourth-order valence-electron chi connectivity index (χ4n) is 5.09. The van der Waals surface area contributed by atoms with E-state index in [-0.39, 0.29) is 23.3 Å². The minimum absolute atomic E-state index is 0.0374. The summed E-state index contributed by atoms with van der Waals surface area (Å²) in [5, 5.41) is 13.4. The minimum atomic E-state index is -0.499. The number of hydrogen-bond donors (Lipinski definition) is 4. The highest BCUT2D eigenvalue weighted by Crippen LogP contribution is 2.42. The first-order chi connectivity index (χ1) is 19.4. The van der Waals surface area contributed by atoms with Gasteiger partial charge in [0.25, 0.3) is 5.91 Å². The topological polar surface area (TPSA) is 156 Å². The molecule has 0 spiro atoms. The molecule has 0 atom stereocenters. The van der Waals surface area contributed by atoms with Crippen LogP contribution in [0.2, 0.25) is 0 Å². The summed E-state index contributed by atoms with van der Waals surface area (Å²) >= 11 is 0. The van der Waals surface area contributed by atoms with Crippen molar-refractivity contribution >= 4 is 29.7 Å². The molecular formula is C29H31FN8O2. The molecule has 1 aromatic heterocycles. The molecule has 3 aliphatic rings. The monoisotopic (exact) mass is 542 g/mol. The molecule has 3 aromatic rings. The van der Waals surface area contributed by atoms with Crippen molar-refractivity contribution in [1.82, 2.24) is 15.0 Å². The van der Waals surface area contributed by atoms with Crippen molar-refractivity contribution in [3.05, 3.63) is 70.3 Å². The number of aromatic nitrogens is 3. The van der Waals surface area contributed by atoms with E-state index < -0.39 is 18.3 Å². The van der Waals surface area contributed by atoms with Crippen LogP contribution in [0, 0.1) is 11.7 Å². The Bertz CT molecular complexity index is 1530. The van der Waals surface area contributed by atoms with Crippen LogP contribution in [0.3, 0.4) is 0 Å². The zero-order valence-corrected chi connectivity index (χ0v) is 22.0. The summed E-state index contributed by atoms with van der Waals surface area (Å²) in [7, 11) is 0. The largest absolute Gasteiger partial charge is 0.403 e. The van der Waals surface area contributed by atoms with Gasteiger partial charge in [0.2, 0.25) is 11.9 Å². The summed E-state index contributed by atoms with van der Waals surface area (Å²) in [6, 6.07) is 8.66. The first-order valence-electron chi connectivity index (χ1n) is 13.5. The van der Waals surface area contributed by atoms with E-state index in [9.17, 15) is 9.90 Å². The third-order valence-electron chi connectivity index (χ3n) is 7.53. The average molecular weight is 543 g/mol. The Morgan fingerprint density at radius 3 is 2.75 bits per heavy atom. The van der Waals surface area contributed by atoms with Crippen molar-refractivity contribution in [2.45, 2.75) is 44.6 Å². The lowest BCUT2D eigenvalue weighted by Crippen LogP contribution is -2.39. The number of nitrogen functional groups attached to an aromatic ring is 1. The average Bonchev–Trinajstić information content (AvgIpc) is 3.86. The number of hydrogen-bond acceptors (Lipinski definition) is 9. The van der Waals surface area contributed by atoms with Gasteiger partial charge in [-0.15, -0.1) is 0 Å². The van der Waals surface area contributed by atoms with Gasteiger partial charge in [0.05, 0.1) is 23.6 Å². The van der Waals surface area contributed by atoms with Crippen LogP contribution in [0.25, 0.3) is 11.4 Å². The fourth-order valence-corrected chi connectivity index (χ4v) is 5.09. The number of carbonyl (C=O) groups excluding carboxylic acids is 1. The van der Waals surface area contributed by atoms with Crippen molar-refractivity contribution < 1.29 is 14.3 Å². The molecule has 2 fully saturated rings. The number of benzene rings is 2. The Kier molecular flexibility index (Phi) is 6.89. The lowest BCUT2D eigenvalue weighted by atomic mass is 9.93. The Balaban J connectivity index is 1.30. The third kappa shape index (κ3) is 5.24. The van der Waals surface area contributed by atoms with Gasteiger partial charge >= 0.3 is 0 Å². The van der Waals surface area contributed by atoms with Crippen LogP contribution in [-0.2, 0) is 13.0 Å². The first-order valence-corrected chi connectivity index (χ1v) is 13.5. The van der Waals surface area contributed by atoms with Crippen molar-refractivity contribution in [2.75, 3.05) is 29.0 Å². The summed E-state index contributed by atoms with van der Waals surface area (Å²) in [5.41, 5.74) is 15.4. The number of anilines is 3.